The third-order valence-electron chi connectivity index (χ3n) is 2.45. The Hall–Kier alpha value is -1.27. The molecule has 1 aromatic rings. The molecule has 0 aliphatic carbocycles. The van der Waals surface area contributed by atoms with Gasteiger partial charge in [-0.05, 0) is 19.1 Å². The summed E-state index contributed by atoms with van der Waals surface area (Å²) in [6, 6.07) is 2.52. The number of methoxy groups -OCH3 is 1. The van der Waals surface area contributed by atoms with E-state index in [0.717, 1.165) is 17.8 Å². The van der Waals surface area contributed by atoms with Crippen molar-refractivity contribution in [3.63, 3.8) is 0 Å². The SMILES string of the molecule is CCC(=O)Nc1cc(SC(C)C(=O)OC)c(Cl)cc1F. The molecule has 1 N–H and O–H groups in total. The number of amides is 1. The number of nitrogens with one attached hydrogen (secondary N) is 1. The van der Waals surface area contributed by atoms with Crippen molar-refractivity contribution in [1.82, 2.24) is 0 Å². The highest BCUT2D eigenvalue weighted by atomic mass is 35.5. The Bertz CT molecular complexity index is 525. The van der Waals surface area contributed by atoms with E-state index >= 15 is 0 Å². The molecule has 0 heterocycles. The Morgan fingerprint density at radius 1 is 1.50 bits per heavy atom. The van der Waals surface area contributed by atoms with E-state index in [2.05, 4.69) is 10.1 Å². The molecule has 1 unspecified atom stereocenters. The van der Waals surface area contributed by atoms with Crippen molar-refractivity contribution in [3.05, 3.63) is 23.0 Å². The predicted octanol–water partition coefficient (Wildman–Crippen LogP) is 3.48. The quantitative estimate of drug-likeness (QED) is 0.667. The summed E-state index contributed by atoms with van der Waals surface area (Å²) in [5, 5.41) is 2.13. The lowest BCUT2D eigenvalue weighted by Gasteiger charge is -2.13. The second-order valence-corrected chi connectivity index (χ2v) is 5.74. The van der Waals surface area contributed by atoms with Crippen LogP contribution >= 0.6 is 23.4 Å². The van der Waals surface area contributed by atoms with Gasteiger partial charge < -0.3 is 10.1 Å². The zero-order valence-corrected chi connectivity index (χ0v) is 12.9. The molecule has 110 valence electrons. The largest absolute Gasteiger partial charge is 0.468 e. The molecule has 0 saturated carbocycles. The molecule has 4 nitrogen and oxygen atoms in total. The number of carbonyl (C=O) groups is 2. The molecule has 0 fully saturated rings. The first kappa shape index (κ1) is 16.8. The fraction of sp³-hybridized carbons (Fsp3) is 0.385. The van der Waals surface area contributed by atoms with Crippen LogP contribution in [0.3, 0.4) is 0 Å². The third-order valence-corrected chi connectivity index (χ3v) is 4.02. The van der Waals surface area contributed by atoms with Crippen molar-refractivity contribution in [1.29, 1.82) is 0 Å². The number of ether oxygens (including phenoxy) is 1. The Morgan fingerprint density at radius 2 is 2.15 bits per heavy atom. The Balaban J connectivity index is 2.99. The topological polar surface area (TPSA) is 55.4 Å². The highest BCUT2D eigenvalue weighted by molar-refractivity contribution is 8.00. The summed E-state index contributed by atoms with van der Waals surface area (Å²) < 4.78 is 18.3. The number of esters is 1. The normalized spacial score (nSPS) is 11.8. The summed E-state index contributed by atoms with van der Waals surface area (Å²) in [6.07, 6.45) is 0.239. The number of hydrogen-bond donors (Lipinski definition) is 1. The van der Waals surface area contributed by atoms with Gasteiger partial charge in [0.1, 0.15) is 11.1 Å². The van der Waals surface area contributed by atoms with E-state index in [1.807, 2.05) is 0 Å². The molecule has 0 radical (unpaired) electrons. The number of halogens is 2. The first-order valence-electron chi connectivity index (χ1n) is 5.92. The Morgan fingerprint density at radius 3 is 2.70 bits per heavy atom. The first-order valence-corrected chi connectivity index (χ1v) is 7.18. The predicted molar refractivity (Wildman–Crippen MR) is 77.7 cm³/mol. The zero-order chi connectivity index (χ0) is 15.3. The van der Waals surface area contributed by atoms with Crippen LogP contribution in [0.2, 0.25) is 5.02 Å². The van der Waals surface area contributed by atoms with Crippen LogP contribution in [0.5, 0.6) is 0 Å². The highest BCUT2D eigenvalue weighted by Gasteiger charge is 2.18. The first-order chi connectivity index (χ1) is 9.38. The van der Waals surface area contributed by atoms with E-state index in [9.17, 15) is 14.0 Å². The number of benzene rings is 1. The van der Waals surface area contributed by atoms with Gasteiger partial charge in [-0.1, -0.05) is 18.5 Å². The van der Waals surface area contributed by atoms with Crippen molar-refractivity contribution in [2.45, 2.75) is 30.4 Å². The zero-order valence-electron chi connectivity index (χ0n) is 11.3. The monoisotopic (exact) mass is 319 g/mol. The van der Waals surface area contributed by atoms with Gasteiger partial charge in [0.2, 0.25) is 5.91 Å². The lowest BCUT2D eigenvalue weighted by Crippen LogP contribution is -2.15. The van der Waals surface area contributed by atoms with Crippen molar-refractivity contribution in [3.8, 4) is 0 Å². The second-order valence-electron chi connectivity index (χ2n) is 3.95. The molecular weight excluding hydrogens is 305 g/mol. The Kier molecular flexibility index (Phi) is 6.29. The number of thioether (sulfide) groups is 1. The smallest absolute Gasteiger partial charge is 0.318 e. The van der Waals surface area contributed by atoms with E-state index in [4.69, 9.17) is 11.6 Å². The molecule has 1 rings (SSSR count). The summed E-state index contributed by atoms with van der Waals surface area (Å²) in [5.41, 5.74) is 0.0424. The fourth-order valence-electron chi connectivity index (χ4n) is 1.36. The van der Waals surface area contributed by atoms with Gasteiger partial charge in [0.15, 0.2) is 0 Å². The summed E-state index contributed by atoms with van der Waals surface area (Å²) in [6.45, 7) is 3.32. The lowest BCUT2D eigenvalue weighted by molar-refractivity contribution is -0.139. The highest BCUT2D eigenvalue weighted by Crippen LogP contribution is 2.34. The van der Waals surface area contributed by atoms with Crippen molar-refractivity contribution in [2.75, 3.05) is 12.4 Å². The maximum atomic E-state index is 13.7. The molecule has 0 spiro atoms. The van der Waals surface area contributed by atoms with E-state index in [1.165, 1.54) is 13.2 Å². The maximum Gasteiger partial charge on any atom is 0.318 e. The standard InChI is InChI=1S/C13H15ClFNO3S/c1-4-12(17)16-10-6-11(8(14)5-9(10)15)20-7(2)13(18)19-3/h5-7H,4H2,1-3H3,(H,16,17). The molecule has 20 heavy (non-hydrogen) atoms. The molecule has 0 bridgehead atoms. The van der Waals surface area contributed by atoms with Crippen LogP contribution in [-0.4, -0.2) is 24.2 Å². The van der Waals surface area contributed by atoms with Gasteiger partial charge in [0, 0.05) is 11.3 Å². The summed E-state index contributed by atoms with van der Waals surface area (Å²) in [4.78, 5) is 23.2. The van der Waals surface area contributed by atoms with Gasteiger partial charge in [-0.25, -0.2) is 4.39 Å². The van der Waals surface area contributed by atoms with Gasteiger partial charge in [0.05, 0.1) is 17.8 Å². The van der Waals surface area contributed by atoms with E-state index < -0.39 is 17.0 Å². The van der Waals surface area contributed by atoms with Crippen LogP contribution in [0.15, 0.2) is 17.0 Å². The number of rotatable bonds is 5. The van der Waals surface area contributed by atoms with Crippen LogP contribution in [0.25, 0.3) is 0 Å². The summed E-state index contributed by atoms with van der Waals surface area (Å²) >= 11 is 7.07. The molecule has 0 aliphatic rings. The lowest BCUT2D eigenvalue weighted by atomic mass is 10.3. The fourth-order valence-corrected chi connectivity index (χ4v) is 2.57. The molecular formula is C13H15ClFNO3S. The number of hydrogen-bond acceptors (Lipinski definition) is 4. The van der Waals surface area contributed by atoms with Gasteiger partial charge >= 0.3 is 5.97 Å². The maximum absolute atomic E-state index is 13.7. The Labute approximate surface area is 126 Å². The molecule has 0 aliphatic heterocycles. The summed E-state index contributed by atoms with van der Waals surface area (Å²) in [5.74, 6) is -1.33. The minimum Gasteiger partial charge on any atom is -0.468 e. The van der Waals surface area contributed by atoms with Crippen LogP contribution < -0.4 is 5.32 Å². The number of anilines is 1. The van der Waals surface area contributed by atoms with Crippen LogP contribution in [0, 0.1) is 5.82 Å². The van der Waals surface area contributed by atoms with Gasteiger partial charge in [-0.3, -0.25) is 9.59 Å². The summed E-state index contributed by atoms with van der Waals surface area (Å²) in [7, 11) is 1.29. The molecule has 0 aromatic heterocycles. The average molecular weight is 320 g/mol. The van der Waals surface area contributed by atoms with Gasteiger partial charge in [0.25, 0.3) is 0 Å². The molecule has 1 amide bonds. The van der Waals surface area contributed by atoms with Crippen LogP contribution in [0.4, 0.5) is 10.1 Å². The van der Waals surface area contributed by atoms with Gasteiger partial charge in [-0.2, -0.15) is 0 Å². The van der Waals surface area contributed by atoms with Crippen molar-refractivity contribution < 1.29 is 18.7 Å². The second kappa shape index (κ2) is 7.50. The van der Waals surface area contributed by atoms with E-state index in [-0.39, 0.29) is 23.0 Å². The van der Waals surface area contributed by atoms with Gasteiger partial charge in [-0.15, -0.1) is 11.8 Å². The van der Waals surface area contributed by atoms with Crippen LogP contribution in [0.1, 0.15) is 20.3 Å². The van der Waals surface area contributed by atoms with E-state index in [0.29, 0.717) is 4.90 Å². The van der Waals surface area contributed by atoms with E-state index in [1.54, 1.807) is 13.8 Å². The minimum atomic E-state index is -0.619. The molecule has 7 heteroatoms. The van der Waals surface area contributed by atoms with Crippen molar-refractivity contribution in [2.24, 2.45) is 0 Å². The minimum absolute atomic E-state index is 0.0424. The van der Waals surface area contributed by atoms with Crippen molar-refractivity contribution >= 4 is 40.9 Å². The van der Waals surface area contributed by atoms with Crippen LogP contribution in [-0.2, 0) is 14.3 Å². The third kappa shape index (κ3) is 4.38. The molecule has 0 saturated heterocycles. The molecule has 1 aromatic carbocycles. The average Bonchev–Trinajstić information content (AvgIpc) is 2.42. The molecule has 1 atom stereocenters. The number of carbonyl (C=O) groups excluding carboxylic acids is 2.